The van der Waals surface area contributed by atoms with E-state index in [-0.39, 0.29) is 4.90 Å². The van der Waals surface area contributed by atoms with E-state index < -0.39 is 10.0 Å². The van der Waals surface area contributed by atoms with Crippen molar-refractivity contribution >= 4 is 10.0 Å². The Bertz CT molecular complexity index is 660. The number of nitrogens with one attached hydrogen (secondary N) is 1. The number of H-pyrrole nitrogens is 1. The number of sulfonamides is 1. The maximum absolute atomic E-state index is 12.4. The smallest absolute Gasteiger partial charge is 0.246 e. The number of hydrogen-bond donors (Lipinski definition) is 1. The van der Waals surface area contributed by atoms with E-state index >= 15 is 0 Å². The number of piperidine rings is 1. The summed E-state index contributed by atoms with van der Waals surface area (Å²) in [6.45, 7) is 1.18. The largest absolute Gasteiger partial charge is 0.284 e. The van der Waals surface area contributed by atoms with Crippen LogP contribution in [0.15, 0.2) is 47.6 Å². The van der Waals surface area contributed by atoms with Crippen molar-refractivity contribution in [1.29, 1.82) is 0 Å². The van der Waals surface area contributed by atoms with Crippen LogP contribution >= 0.6 is 0 Å². The molecule has 21 heavy (non-hydrogen) atoms. The van der Waals surface area contributed by atoms with Gasteiger partial charge in [-0.05, 0) is 30.7 Å². The predicted octanol–water partition coefficient (Wildman–Crippen LogP) is 2.05. The molecule has 0 bridgehead atoms. The van der Waals surface area contributed by atoms with Crippen LogP contribution in [0, 0.1) is 5.92 Å². The second-order valence-electron chi connectivity index (χ2n) is 5.47. The monoisotopic (exact) mass is 305 g/mol. The van der Waals surface area contributed by atoms with Gasteiger partial charge >= 0.3 is 0 Å². The summed E-state index contributed by atoms with van der Waals surface area (Å²) < 4.78 is 26.3. The van der Waals surface area contributed by atoms with Gasteiger partial charge in [0.15, 0.2) is 0 Å². The molecule has 0 aliphatic carbocycles. The summed E-state index contributed by atoms with van der Waals surface area (Å²) in [6, 6.07) is 10.4. The molecule has 1 saturated heterocycles. The van der Waals surface area contributed by atoms with Gasteiger partial charge in [-0.3, -0.25) is 5.10 Å². The van der Waals surface area contributed by atoms with Crippen LogP contribution in [0.2, 0.25) is 0 Å². The third kappa shape index (κ3) is 3.16. The molecule has 5 nitrogen and oxygen atoms in total. The average Bonchev–Trinajstić information content (AvgIpc) is 3.04. The molecular formula is C15H19N3O2S. The van der Waals surface area contributed by atoms with Crippen LogP contribution < -0.4 is 0 Å². The van der Waals surface area contributed by atoms with Crippen molar-refractivity contribution in [1.82, 2.24) is 14.5 Å². The van der Waals surface area contributed by atoms with E-state index in [1.807, 2.05) is 18.2 Å². The van der Waals surface area contributed by atoms with Gasteiger partial charge in [0, 0.05) is 19.3 Å². The molecule has 112 valence electrons. The Morgan fingerprint density at radius 2 is 1.90 bits per heavy atom. The van der Waals surface area contributed by atoms with Crippen molar-refractivity contribution in [3.05, 3.63) is 48.3 Å². The summed E-state index contributed by atoms with van der Waals surface area (Å²) in [4.78, 5) is 0.254. The molecule has 0 unspecified atom stereocenters. The number of aromatic nitrogens is 2. The fraction of sp³-hybridized carbons (Fsp3) is 0.400. The third-order valence-corrected chi connectivity index (χ3v) is 5.92. The van der Waals surface area contributed by atoms with E-state index in [4.69, 9.17) is 0 Å². The van der Waals surface area contributed by atoms with E-state index in [0.29, 0.717) is 19.0 Å². The second kappa shape index (κ2) is 5.99. The first-order chi connectivity index (χ1) is 10.2. The van der Waals surface area contributed by atoms with Crippen molar-refractivity contribution < 1.29 is 8.42 Å². The van der Waals surface area contributed by atoms with Crippen LogP contribution in [-0.4, -0.2) is 36.0 Å². The van der Waals surface area contributed by atoms with Crippen LogP contribution in [-0.2, 0) is 16.4 Å². The van der Waals surface area contributed by atoms with Gasteiger partial charge in [0.05, 0.1) is 6.20 Å². The molecular weight excluding hydrogens is 286 g/mol. The standard InChI is InChI=1S/C15H19N3O2S/c19-21(20,15-11-16-17-12-15)18-8-6-14(7-9-18)10-13-4-2-1-3-5-13/h1-5,11-12,14H,6-10H2,(H,16,17). The van der Waals surface area contributed by atoms with Crippen LogP contribution in [0.5, 0.6) is 0 Å². The molecule has 1 aromatic heterocycles. The zero-order chi connectivity index (χ0) is 14.7. The lowest BCUT2D eigenvalue weighted by atomic mass is 9.91. The maximum atomic E-state index is 12.4. The summed E-state index contributed by atoms with van der Waals surface area (Å²) in [5.41, 5.74) is 1.33. The highest BCUT2D eigenvalue weighted by atomic mass is 32.2. The quantitative estimate of drug-likeness (QED) is 0.940. The Labute approximate surface area is 125 Å². The highest BCUT2D eigenvalue weighted by molar-refractivity contribution is 7.89. The highest BCUT2D eigenvalue weighted by Crippen LogP contribution is 2.25. The van der Waals surface area contributed by atoms with Gasteiger partial charge in [0.25, 0.3) is 0 Å². The summed E-state index contributed by atoms with van der Waals surface area (Å²) in [6.07, 6.45) is 5.65. The maximum Gasteiger partial charge on any atom is 0.246 e. The fourth-order valence-corrected chi connectivity index (χ4v) is 4.21. The Hall–Kier alpha value is -1.66. The van der Waals surface area contributed by atoms with Crippen molar-refractivity contribution in [2.45, 2.75) is 24.2 Å². The summed E-state index contributed by atoms with van der Waals surface area (Å²) in [5, 5.41) is 6.28. The fourth-order valence-electron chi connectivity index (χ4n) is 2.83. The van der Waals surface area contributed by atoms with E-state index in [9.17, 15) is 8.42 Å². The molecule has 0 saturated carbocycles. The van der Waals surface area contributed by atoms with Gasteiger partial charge in [-0.25, -0.2) is 8.42 Å². The molecule has 1 N–H and O–H groups in total. The van der Waals surface area contributed by atoms with Crippen molar-refractivity contribution in [3.8, 4) is 0 Å². The van der Waals surface area contributed by atoms with Crippen molar-refractivity contribution in [2.75, 3.05) is 13.1 Å². The van der Waals surface area contributed by atoms with E-state index in [1.54, 1.807) is 4.31 Å². The van der Waals surface area contributed by atoms with Gasteiger partial charge in [-0.1, -0.05) is 30.3 Å². The SMILES string of the molecule is O=S(=O)(c1cn[nH]c1)N1CCC(Cc2ccccc2)CC1. The lowest BCUT2D eigenvalue weighted by molar-refractivity contribution is 0.273. The summed E-state index contributed by atoms with van der Waals surface area (Å²) >= 11 is 0. The Kier molecular flexibility index (Phi) is 4.07. The predicted molar refractivity (Wildman–Crippen MR) is 80.2 cm³/mol. The molecule has 1 aromatic carbocycles. The number of nitrogens with zero attached hydrogens (tertiary/aromatic N) is 2. The normalized spacial score (nSPS) is 17.9. The zero-order valence-electron chi connectivity index (χ0n) is 11.8. The number of benzene rings is 1. The lowest BCUT2D eigenvalue weighted by Gasteiger charge is -2.30. The zero-order valence-corrected chi connectivity index (χ0v) is 12.6. The first-order valence-electron chi connectivity index (χ1n) is 7.19. The van der Waals surface area contributed by atoms with Crippen LogP contribution in [0.4, 0.5) is 0 Å². The topological polar surface area (TPSA) is 66.1 Å². The first kappa shape index (κ1) is 14.3. The van der Waals surface area contributed by atoms with Crippen LogP contribution in [0.3, 0.4) is 0 Å². The minimum absolute atomic E-state index is 0.254. The Morgan fingerprint density at radius 1 is 1.19 bits per heavy atom. The van der Waals surface area contributed by atoms with Gasteiger partial charge in [-0.15, -0.1) is 0 Å². The molecule has 0 radical (unpaired) electrons. The molecule has 2 heterocycles. The molecule has 1 aliphatic heterocycles. The minimum Gasteiger partial charge on any atom is -0.284 e. The average molecular weight is 305 g/mol. The molecule has 2 aromatic rings. The molecule has 1 aliphatic rings. The third-order valence-electron chi connectivity index (χ3n) is 4.05. The van der Waals surface area contributed by atoms with Gasteiger partial charge < -0.3 is 0 Å². The lowest BCUT2D eigenvalue weighted by Crippen LogP contribution is -2.38. The number of rotatable bonds is 4. The van der Waals surface area contributed by atoms with E-state index in [0.717, 1.165) is 19.3 Å². The number of hydrogen-bond acceptors (Lipinski definition) is 3. The first-order valence-corrected chi connectivity index (χ1v) is 8.63. The van der Waals surface area contributed by atoms with Crippen molar-refractivity contribution in [3.63, 3.8) is 0 Å². The van der Waals surface area contributed by atoms with Crippen LogP contribution in [0.1, 0.15) is 18.4 Å². The number of aromatic amines is 1. The van der Waals surface area contributed by atoms with Gasteiger partial charge in [-0.2, -0.15) is 9.40 Å². The molecule has 0 spiro atoms. The van der Waals surface area contributed by atoms with E-state index in [2.05, 4.69) is 22.3 Å². The van der Waals surface area contributed by atoms with E-state index in [1.165, 1.54) is 18.0 Å². The second-order valence-corrected chi connectivity index (χ2v) is 7.41. The van der Waals surface area contributed by atoms with Gasteiger partial charge in [0.1, 0.15) is 4.90 Å². The minimum atomic E-state index is -3.38. The summed E-state index contributed by atoms with van der Waals surface area (Å²) in [7, 11) is -3.38. The van der Waals surface area contributed by atoms with Gasteiger partial charge in [0.2, 0.25) is 10.0 Å². The van der Waals surface area contributed by atoms with Crippen LogP contribution in [0.25, 0.3) is 0 Å². The molecule has 0 amide bonds. The molecule has 0 atom stereocenters. The Morgan fingerprint density at radius 3 is 2.52 bits per heavy atom. The molecule has 3 rings (SSSR count). The molecule has 1 fully saturated rings. The molecule has 6 heteroatoms. The highest BCUT2D eigenvalue weighted by Gasteiger charge is 2.29. The van der Waals surface area contributed by atoms with Crippen molar-refractivity contribution in [2.24, 2.45) is 5.92 Å². The Balaban J connectivity index is 1.61. The summed E-state index contributed by atoms with van der Waals surface area (Å²) in [5.74, 6) is 0.559.